The largest absolute Gasteiger partial charge is 0.497 e. The Balaban J connectivity index is 1.54. The maximum absolute atomic E-state index is 13.6. The molecule has 8 nitrogen and oxygen atoms in total. The minimum absolute atomic E-state index is 0.0134. The summed E-state index contributed by atoms with van der Waals surface area (Å²) >= 11 is 6.11. The third-order valence-electron chi connectivity index (χ3n) is 6.62. The predicted octanol–water partition coefficient (Wildman–Crippen LogP) is 3.60. The zero-order chi connectivity index (χ0) is 25.5. The molecule has 2 aromatic carbocycles. The van der Waals surface area contributed by atoms with Gasteiger partial charge in [-0.1, -0.05) is 30.7 Å². The number of amides is 2. The van der Waals surface area contributed by atoms with Gasteiger partial charge in [0, 0.05) is 44.0 Å². The summed E-state index contributed by atoms with van der Waals surface area (Å²) in [4.78, 5) is 30.2. The van der Waals surface area contributed by atoms with Crippen molar-refractivity contribution in [3.05, 3.63) is 64.7 Å². The van der Waals surface area contributed by atoms with E-state index in [-0.39, 0.29) is 24.4 Å². The molecule has 2 amide bonds. The smallest absolute Gasteiger partial charge is 0.262 e. The molecule has 0 bridgehead atoms. The maximum atomic E-state index is 13.6. The van der Waals surface area contributed by atoms with Gasteiger partial charge in [0.25, 0.3) is 5.91 Å². The molecule has 4 rings (SSSR count). The molecule has 1 saturated heterocycles. The summed E-state index contributed by atoms with van der Waals surface area (Å²) in [6.45, 7) is 6.07. The number of hydrogen-bond donors (Lipinski definition) is 0. The van der Waals surface area contributed by atoms with Gasteiger partial charge < -0.3 is 14.4 Å². The van der Waals surface area contributed by atoms with Crippen LogP contribution in [0.3, 0.4) is 0 Å². The zero-order valence-electron chi connectivity index (χ0n) is 20.9. The number of ether oxygens (including phenoxy) is 2. The van der Waals surface area contributed by atoms with Crippen LogP contribution in [0.25, 0.3) is 0 Å². The summed E-state index contributed by atoms with van der Waals surface area (Å²) < 4.78 is 10.7. The Morgan fingerprint density at radius 3 is 2.44 bits per heavy atom. The lowest BCUT2D eigenvalue weighted by molar-refractivity contribution is -0.141. The van der Waals surface area contributed by atoms with Gasteiger partial charge in [-0.25, -0.2) is 5.01 Å². The Kier molecular flexibility index (Phi) is 8.96. The summed E-state index contributed by atoms with van der Waals surface area (Å²) in [6.07, 6.45) is 0.909. The van der Waals surface area contributed by atoms with Crippen LogP contribution >= 0.6 is 11.6 Å². The lowest BCUT2D eigenvalue weighted by Gasteiger charge is -2.31. The Bertz CT molecular complexity index is 1070. The molecule has 0 spiro atoms. The molecule has 0 saturated carbocycles. The second-order valence-electron chi connectivity index (χ2n) is 8.91. The van der Waals surface area contributed by atoms with Crippen molar-refractivity contribution < 1.29 is 19.1 Å². The molecular weight excluding hydrogens is 480 g/mol. The number of nitrogens with zero attached hydrogens (tertiary/aromatic N) is 4. The van der Waals surface area contributed by atoms with Gasteiger partial charge in [-0.2, -0.15) is 5.10 Å². The number of hydrogen-bond acceptors (Lipinski definition) is 6. The van der Waals surface area contributed by atoms with Gasteiger partial charge in [0.15, 0.2) is 0 Å². The maximum Gasteiger partial charge on any atom is 0.262 e. The van der Waals surface area contributed by atoms with Crippen molar-refractivity contribution in [3.63, 3.8) is 0 Å². The van der Waals surface area contributed by atoms with Crippen molar-refractivity contribution in [2.45, 2.75) is 25.8 Å². The average molecular weight is 513 g/mol. The first kappa shape index (κ1) is 26.1. The number of carbonyl (C=O) groups excluding carboxylic acids is 2. The normalized spacial score (nSPS) is 18.1. The number of morpholine rings is 1. The van der Waals surface area contributed by atoms with Gasteiger partial charge in [0.1, 0.15) is 12.3 Å². The third kappa shape index (κ3) is 6.43. The van der Waals surface area contributed by atoms with Crippen molar-refractivity contribution in [2.24, 2.45) is 5.10 Å². The van der Waals surface area contributed by atoms with E-state index in [9.17, 15) is 9.59 Å². The molecule has 0 radical (unpaired) electrons. The van der Waals surface area contributed by atoms with Crippen LogP contribution in [-0.2, 0) is 14.3 Å². The number of methoxy groups -OCH3 is 1. The Morgan fingerprint density at radius 1 is 1.11 bits per heavy atom. The van der Waals surface area contributed by atoms with Crippen molar-refractivity contribution in [1.29, 1.82) is 0 Å². The number of benzene rings is 2. The first-order chi connectivity index (χ1) is 17.5. The van der Waals surface area contributed by atoms with Gasteiger partial charge in [-0.05, 0) is 47.5 Å². The van der Waals surface area contributed by atoms with Crippen molar-refractivity contribution in [1.82, 2.24) is 14.8 Å². The highest BCUT2D eigenvalue weighted by atomic mass is 35.5. The molecule has 0 N–H and O–H groups in total. The Morgan fingerprint density at radius 2 is 1.81 bits per heavy atom. The predicted molar refractivity (Wildman–Crippen MR) is 139 cm³/mol. The average Bonchev–Trinajstić information content (AvgIpc) is 3.37. The molecular formula is C27H33ClN4O4. The molecule has 36 heavy (non-hydrogen) atoms. The Hall–Kier alpha value is -2.94. The van der Waals surface area contributed by atoms with Crippen LogP contribution in [0.5, 0.6) is 5.75 Å². The van der Waals surface area contributed by atoms with E-state index in [0.717, 1.165) is 35.7 Å². The van der Waals surface area contributed by atoms with Crippen LogP contribution in [0.4, 0.5) is 0 Å². The lowest BCUT2D eigenvalue weighted by atomic mass is 9.98. The number of carbonyl (C=O) groups is 2. The number of hydrazone groups is 1. The molecule has 2 aromatic rings. The number of halogens is 1. The van der Waals surface area contributed by atoms with Crippen molar-refractivity contribution in [3.8, 4) is 5.75 Å². The van der Waals surface area contributed by atoms with Gasteiger partial charge in [0.2, 0.25) is 5.91 Å². The van der Waals surface area contributed by atoms with Crippen molar-refractivity contribution >= 4 is 29.1 Å². The first-order valence-electron chi connectivity index (χ1n) is 12.4. The molecule has 0 unspecified atom stereocenters. The molecule has 192 valence electrons. The molecule has 2 heterocycles. The fourth-order valence-corrected chi connectivity index (χ4v) is 4.61. The van der Waals surface area contributed by atoms with Gasteiger partial charge in [-0.3, -0.25) is 14.5 Å². The summed E-state index contributed by atoms with van der Waals surface area (Å²) in [5, 5.41) is 6.91. The highest BCUT2D eigenvalue weighted by Gasteiger charge is 2.34. The molecule has 0 aromatic heterocycles. The van der Waals surface area contributed by atoms with Crippen LogP contribution in [0.2, 0.25) is 5.02 Å². The summed E-state index contributed by atoms with van der Waals surface area (Å²) in [7, 11) is 1.63. The van der Waals surface area contributed by atoms with E-state index in [1.807, 2.05) is 55.5 Å². The second-order valence-corrected chi connectivity index (χ2v) is 9.34. The van der Waals surface area contributed by atoms with Crippen LogP contribution in [0, 0.1) is 0 Å². The van der Waals surface area contributed by atoms with E-state index < -0.39 is 0 Å². The standard InChI is InChI=1S/C27H33ClN4O4/c1-3-26(33)31(13-12-30-14-16-36-17-15-30)19-27(34)32-25(21-4-8-22(28)9-5-21)18-24(29-32)20-6-10-23(35-2)11-7-20/h4-11,25H,3,12-19H2,1-2H3/t25-/m0/s1. The summed E-state index contributed by atoms with van der Waals surface area (Å²) in [5.74, 6) is 0.508. The van der Waals surface area contributed by atoms with Crippen LogP contribution in [-0.4, -0.2) is 85.4 Å². The van der Waals surface area contributed by atoms with E-state index in [4.69, 9.17) is 26.2 Å². The zero-order valence-corrected chi connectivity index (χ0v) is 21.6. The van der Waals surface area contributed by atoms with E-state index >= 15 is 0 Å². The topological polar surface area (TPSA) is 74.7 Å². The number of rotatable bonds is 9. The highest BCUT2D eigenvalue weighted by molar-refractivity contribution is 6.30. The van der Waals surface area contributed by atoms with Crippen LogP contribution in [0.1, 0.15) is 36.9 Å². The minimum Gasteiger partial charge on any atom is -0.497 e. The summed E-state index contributed by atoms with van der Waals surface area (Å²) in [5.41, 5.74) is 2.69. The minimum atomic E-state index is -0.273. The van der Waals surface area contributed by atoms with E-state index in [1.165, 1.54) is 5.01 Å². The van der Waals surface area contributed by atoms with Crippen LogP contribution in [0.15, 0.2) is 53.6 Å². The highest BCUT2D eigenvalue weighted by Crippen LogP contribution is 2.34. The van der Waals surface area contributed by atoms with E-state index in [0.29, 0.717) is 44.2 Å². The summed E-state index contributed by atoms with van der Waals surface area (Å²) in [6, 6.07) is 14.9. The lowest BCUT2D eigenvalue weighted by Crippen LogP contribution is -2.46. The van der Waals surface area contributed by atoms with Crippen molar-refractivity contribution in [2.75, 3.05) is 53.0 Å². The van der Waals surface area contributed by atoms with Gasteiger partial charge in [0.05, 0.1) is 32.1 Å². The fraction of sp³-hybridized carbons (Fsp3) is 0.444. The molecule has 0 aliphatic carbocycles. The first-order valence-corrected chi connectivity index (χ1v) is 12.7. The fourth-order valence-electron chi connectivity index (χ4n) is 4.48. The van der Waals surface area contributed by atoms with Gasteiger partial charge >= 0.3 is 0 Å². The van der Waals surface area contributed by atoms with E-state index in [1.54, 1.807) is 12.0 Å². The van der Waals surface area contributed by atoms with Gasteiger partial charge in [-0.15, -0.1) is 0 Å². The van der Waals surface area contributed by atoms with Crippen LogP contribution < -0.4 is 4.74 Å². The van der Waals surface area contributed by atoms with E-state index in [2.05, 4.69) is 4.90 Å². The quantitative estimate of drug-likeness (QED) is 0.513. The molecule has 2 aliphatic rings. The molecule has 1 fully saturated rings. The SMILES string of the molecule is CCC(=O)N(CCN1CCOCC1)CC(=O)N1N=C(c2ccc(OC)cc2)C[C@H]1c1ccc(Cl)cc1. The third-order valence-corrected chi connectivity index (χ3v) is 6.87. The molecule has 1 atom stereocenters. The molecule has 9 heteroatoms. The Labute approximate surface area is 217 Å². The second kappa shape index (κ2) is 12.3. The molecule has 2 aliphatic heterocycles. The monoisotopic (exact) mass is 512 g/mol.